The van der Waals surface area contributed by atoms with Crippen molar-refractivity contribution < 1.29 is 10.2 Å². The molecule has 0 radical (unpaired) electrons. The van der Waals surface area contributed by atoms with Gasteiger partial charge in [-0.15, -0.1) is 0 Å². The van der Waals surface area contributed by atoms with Gasteiger partial charge in [-0.25, -0.2) is 0 Å². The van der Waals surface area contributed by atoms with Crippen LogP contribution in [0.4, 0.5) is 0 Å². The summed E-state index contributed by atoms with van der Waals surface area (Å²) in [5.74, 6) is 0.255. The van der Waals surface area contributed by atoms with E-state index in [1.165, 1.54) is 18.2 Å². The first-order chi connectivity index (χ1) is 7.15. The molecule has 4 heteroatoms. The van der Waals surface area contributed by atoms with Gasteiger partial charge in [0.1, 0.15) is 11.5 Å². The second-order valence-electron chi connectivity index (χ2n) is 3.63. The lowest BCUT2D eigenvalue weighted by atomic mass is 10.0. The fourth-order valence-electron chi connectivity index (χ4n) is 1.50. The van der Waals surface area contributed by atoms with Crippen LogP contribution in [0.3, 0.4) is 0 Å². The molecule has 0 aliphatic heterocycles. The normalized spacial score (nSPS) is 12.7. The van der Waals surface area contributed by atoms with E-state index in [4.69, 9.17) is 11.5 Å². The van der Waals surface area contributed by atoms with Crippen LogP contribution in [0.5, 0.6) is 11.5 Å². The lowest BCUT2D eigenvalue weighted by Gasteiger charge is -2.13. The van der Waals surface area contributed by atoms with E-state index < -0.39 is 0 Å². The van der Waals surface area contributed by atoms with Crippen molar-refractivity contribution in [3.05, 3.63) is 23.8 Å². The number of nitrogens with two attached hydrogens (primary N) is 2. The number of aromatic hydroxyl groups is 2. The summed E-state index contributed by atoms with van der Waals surface area (Å²) in [5, 5.41) is 18.8. The Labute approximate surface area is 89.5 Å². The molecule has 0 fully saturated rings. The highest BCUT2D eigenvalue weighted by Crippen LogP contribution is 2.29. The van der Waals surface area contributed by atoms with Crippen molar-refractivity contribution in [2.24, 2.45) is 11.5 Å². The molecule has 0 bridgehead atoms. The summed E-state index contributed by atoms with van der Waals surface area (Å²) in [6.45, 7) is 0.652. The molecule has 0 amide bonds. The topological polar surface area (TPSA) is 92.5 Å². The monoisotopic (exact) mass is 210 g/mol. The van der Waals surface area contributed by atoms with Crippen molar-refractivity contribution in [1.29, 1.82) is 0 Å². The SMILES string of the molecule is NCCCC[C@@H](N)c1cc(O)ccc1O. The second kappa shape index (κ2) is 5.58. The molecule has 1 aromatic rings. The minimum atomic E-state index is -0.247. The van der Waals surface area contributed by atoms with Crippen molar-refractivity contribution in [3.63, 3.8) is 0 Å². The number of phenolic OH excluding ortho intramolecular Hbond substituents is 2. The zero-order valence-electron chi connectivity index (χ0n) is 8.69. The maximum absolute atomic E-state index is 9.55. The molecular weight excluding hydrogens is 192 g/mol. The summed E-state index contributed by atoms with van der Waals surface area (Å²) in [7, 11) is 0. The lowest BCUT2D eigenvalue weighted by Crippen LogP contribution is -2.11. The van der Waals surface area contributed by atoms with Crippen molar-refractivity contribution in [3.8, 4) is 11.5 Å². The first-order valence-electron chi connectivity index (χ1n) is 5.12. The Balaban J connectivity index is 2.64. The van der Waals surface area contributed by atoms with Gasteiger partial charge in [0, 0.05) is 11.6 Å². The Morgan fingerprint density at radius 1 is 1.20 bits per heavy atom. The summed E-state index contributed by atoms with van der Waals surface area (Å²) < 4.78 is 0. The average Bonchev–Trinajstić information content (AvgIpc) is 2.22. The fraction of sp³-hybridized carbons (Fsp3) is 0.455. The van der Waals surface area contributed by atoms with Crippen LogP contribution in [0.2, 0.25) is 0 Å². The zero-order valence-corrected chi connectivity index (χ0v) is 8.69. The van der Waals surface area contributed by atoms with Gasteiger partial charge in [-0.2, -0.15) is 0 Å². The van der Waals surface area contributed by atoms with Gasteiger partial charge in [-0.05, 0) is 37.6 Å². The Kier molecular flexibility index (Phi) is 4.39. The van der Waals surface area contributed by atoms with Crippen molar-refractivity contribution in [2.45, 2.75) is 25.3 Å². The molecule has 0 saturated heterocycles. The molecule has 6 N–H and O–H groups in total. The highest BCUT2D eigenvalue weighted by Gasteiger charge is 2.11. The van der Waals surface area contributed by atoms with Gasteiger partial charge in [0.05, 0.1) is 0 Å². The summed E-state index contributed by atoms with van der Waals surface area (Å²) in [4.78, 5) is 0. The third kappa shape index (κ3) is 3.42. The minimum Gasteiger partial charge on any atom is -0.508 e. The van der Waals surface area contributed by atoms with Crippen LogP contribution in [-0.2, 0) is 0 Å². The molecule has 0 heterocycles. The summed E-state index contributed by atoms with van der Waals surface area (Å²) in [5.41, 5.74) is 11.9. The summed E-state index contributed by atoms with van der Waals surface area (Å²) in [6, 6.07) is 4.14. The largest absolute Gasteiger partial charge is 0.508 e. The van der Waals surface area contributed by atoms with Crippen LogP contribution in [0.15, 0.2) is 18.2 Å². The average molecular weight is 210 g/mol. The fourth-order valence-corrected chi connectivity index (χ4v) is 1.50. The maximum atomic E-state index is 9.55. The van der Waals surface area contributed by atoms with E-state index in [1.54, 1.807) is 0 Å². The first-order valence-corrected chi connectivity index (χ1v) is 5.12. The summed E-state index contributed by atoms with van der Waals surface area (Å²) in [6.07, 6.45) is 2.61. The molecule has 0 aromatic heterocycles. The molecule has 0 aliphatic carbocycles. The van der Waals surface area contributed by atoms with Gasteiger partial charge in [-0.3, -0.25) is 0 Å². The predicted molar refractivity (Wildman–Crippen MR) is 59.6 cm³/mol. The molecule has 1 atom stereocenters. The third-order valence-electron chi connectivity index (χ3n) is 2.38. The number of unbranched alkanes of at least 4 members (excludes halogenated alkanes) is 1. The Morgan fingerprint density at radius 2 is 1.93 bits per heavy atom. The quantitative estimate of drug-likeness (QED) is 0.434. The molecule has 4 nitrogen and oxygen atoms in total. The van der Waals surface area contributed by atoms with E-state index in [9.17, 15) is 10.2 Å². The smallest absolute Gasteiger partial charge is 0.120 e. The lowest BCUT2D eigenvalue weighted by molar-refractivity contribution is 0.444. The van der Waals surface area contributed by atoms with Gasteiger partial charge < -0.3 is 21.7 Å². The molecule has 0 unspecified atom stereocenters. The van der Waals surface area contributed by atoms with Crippen LogP contribution < -0.4 is 11.5 Å². The van der Waals surface area contributed by atoms with Crippen molar-refractivity contribution in [1.82, 2.24) is 0 Å². The second-order valence-corrected chi connectivity index (χ2v) is 3.63. The number of hydrogen-bond acceptors (Lipinski definition) is 4. The van der Waals surface area contributed by atoms with E-state index in [2.05, 4.69) is 0 Å². The van der Waals surface area contributed by atoms with Gasteiger partial charge in [0.25, 0.3) is 0 Å². The van der Waals surface area contributed by atoms with Crippen molar-refractivity contribution >= 4 is 0 Å². The van der Waals surface area contributed by atoms with E-state index in [0.717, 1.165) is 19.3 Å². The molecular formula is C11H18N2O2. The molecule has 15 heavy (non-hydrogen) atoms. The van der Waals surface area contributed by atoms with E-state index in [1.807, 2.05) is 0 Å². The highest BCUT2D eigenvalue weighted by atomic mass is 16.3. The standard InChI is InChI=1S/C11H18N2O2/c12-6-2-1-3-10(13)9-7-8(14)4-5-11(9)15/h4-5,7,10,14-15H,1-3,6,12-13H2/t10-/m1/s1. The van der Waals surface area contributed by atoms with Crippen molar-refractivity contribution in [2.75, 3.05) is 6.54 Å². The molecule has 0 aliphatic rings. The van der Waals surface area contributed by atoms with Gasteiger partial charge in [0.15, 0.2) is 0 Å². The molecule has 84 valence electrons. The number of hydrogen-bond donors (Lipinski definition) is 4. The van der Waals surface area contributed by atoms with Crippen LogP contribution in [0.1, 0.15) is 30.9 Å². The third-order valence-corrected chi connectivity index (χ3v) is 2.38. The van der Waals surface area contributed by atoms with E-state index in [-0.39, 0.29) is 17.5 Å². The number of benzene rings is 1. The Bertz CT molecular complexity index is 315. The maximum Gasteiger partial charge on any atom is 0.120 e. The predicted octanol–water partition coefficient (Wildman–Crippen LogP) is 1.23. The van der Waals surface area contributed by atoms with Crippen LogP contribution in [0, 0.1) is 0 Å². The van der Waals surface area contributed by atoms with Gasteiger partial charge >= 0.3 is 0 Å². The van der Waals surface area contributed by atoms with Gasteiger partial charge in [-0.1, -0.05) is 6.42 Å². The first kappa shape index (κ1) is 11.8. The molecule has 0 saturated carbocycles. The van der Waals surface area contributed by atoms with Gasteiger partial charge in [0.2, 0.25) is 0 Å². The van der Waals surface area contributed by atoms with Crippen LogP contribution in [-0.4, -0.2) is 16.8 Å². The Hall–Kier alpha value is -1.26. The number of rotatable bonds is 5. The summed E-state index contributed by atoms with van der Waals surface area (Å²) >= 11 is 0. The van der Waals surface area contributed by atoms with E-state index >= 15 is 0 Å². The van der Waals surface area contributed by atoms with E-state index in [0.29, 0.717) is 12.1 Å². The molecule has 1 aromatic carbocycles. The number of phenols is 2. The highest BCUT2D eigenvalue weighted by molar-refractivity contribution is 5.40. The molecule has 1 rings (SSSR count). The zero-order chi connectivity index (χ0) is 11.3. The molecule has 0 spiro atoms. The minimum absolute atomic E-state index is 0.122. The Morgan fingerprint density at radius 3 is 2.60 bits per heavy atom. The van der Waals surface area contributed by atoms with Crippen LogP contribution in [0.25, 0.3) is 0 Å². The van der Waals surface area contributed by atoms with Crippen LogP contribution >= 0.6 is 0 Å².